The molecule has 2 N–H and O–H groups in total. The number of benzene rings is 1. The molecular weight excluding hydrogens is 333 g/mol. The van der Waals surface area contributed by atoms with Crippen LogP contribution < -0.4 is 5.32 Å². The Morgan fingerprint density at radius 3 is 2.67 bits per heavy atom. The maximum Gasteiger partial charge on any atom is 0.329 e. The highest BCUT2D eigenvalue weighted by molar-refractivity contribution is 8.00. The second-order valence-electron chi connectivity index (χ2n) is 5.19. The lowest BCUT2D eigenvalue weighted by Gasteiger charge is -2.26. The SMILES string of the molecule is CC(NC(=O)CSc1cc(Cl)ccc1Cl)(C(=O)O)C1CC1. The van der Waals surface area contributed by atoms with E-state index in [9.17, 15) is 14.7 Å². The van der Waals surface area contributed by atoms with Crippen LogP contribution in [0.5, 0.6) is 0 Å². The van der Waals surface area contributed by atoms with Crippen LogP contribution in [0.2, 0.25) is 10.0 Å². The number of hydrogen-bond donors (Lipinski definition) is 2. The number of carbonyl (C=O) groups is 2. The van der Waals surface area contributed by atoms with Gasteiger partial charge in [0.15, 0.2) is 0 Å². The average Bonchev–Trinajstić information content (AvgIpc) is 3.24. The summed E-state index contributed by atoms with van der Waals surface area (Å²) >= 11 is 13.1. The van der Waals surface area contributed by atoms with E-state index in [-0.39, 0.29) is 17.6 Å². The fourth-order valence-corrected chi connectivity index (χ4v) is 3.34. The number of aliphatic carboxylic acids is 1. The van der Waals surface area contributed by atoms with Crippen molar-refractivity contribution in [2.45, 2.75) is 30.2 Å². The van der Waals surface area contributed by atoms with Crippen LogP contribution in [0.3, 0.4) is 0 Å². The highest BCUT2D eigenvalue weighted by atomic mass is 35.5. The van der Waals surface area contributed by atoms with Crippen molar-refractivity contribution in [3.63, 3.8) is 0 Å². The number of nitrogens with one attached hydrogen (secondary N) is 1. The number of thioether (sulfide) groups is 1. The zero-order valence-electron chi connectivity index (χ0n) is 11.4. The molecule has 2 rings (SSSR count). The second-order valence-corrected chi connectivity index (χ2v) is 7.05. The van der Waals surface area contributed by atoms with Gasteiger partial charge >= 0.3 is 5.97 Å². The first-order chi connectivity index (χ1) is 9.83. The third-order valence-electron chi connectivity index (χ3n) is 3.49. The van der Waals surface area contributed by atoms with Gasteiger partial charge in [0.25, 0.3) is 0 Å². The fraction of sp³-hybridized carbons (Fsp3) is 0.429. The summed E-state index contributed by atoms with van der Waals surface area (Å²) in [6, 6.07) is 5.01. The topological polar surface area (TPSA) is 66.4 Å². The maximum atomic E-state index is 12.0. The van der Waals surface area contributed by atoms with E-state index < -0.39 is 11.5 Å². The van der Waals surface area contributed by atoms with Crippen molar-refractivity contribution in [1.29, 1.82) is 0 Å². The van der Waals surface area contributed by atoms with Gasteiger partial charge in [0.05, 0.1) is 10.8 Å². The molecule has 114 valence electrons. The molecule has 1 aromatic rings. The van der Waals surface area contributed by atoms with Crippen LogP contribution in [0.4, 0.5) is 0 Å². The number of carbonyl (C=O) groups excluding carboxylic acids is 1. The van der Waals surface area contributed by atoms with E-state index >= 15 is 0 Å². The number of carboxylic acids is 1. The monoisotopic (exact) mass is 347 g/mol. The summed E-state index contributed by atoms with van der Waals surface area (Å²) in [7, 11) is 0. The summed E-state index contributed by atoms with van der Waals surface area (Å²) in [5, 5.41) is 13.0. The molecule has 0 bridgehead atoms. The average molecular weight is 348 g/mol. The largest absolute Gasteiger partial charge is 0.480 e. The molecule has 1 amide bonds. The second kappa shape index (κ2) is 6.46. The van der Waals surface area contributed by atoms with Crippen LogP contribution in [0.15, 0.2) is 23.1 Å². The van der Waals surface area contributed by atoms with Gasteiger partial charge in [-0.25, -0.2) is 4.79 Å². The van der Waals surface area contributed by atoms with Gasteiger partial charge in [-0.05, 0) is 43.9 Å². The van der Waals surface area contributed by atoms with E-state index in [0.717, 1.165) is 12.8 Å². The van der Waals surface area contributed by atoms with Crippen LogP contribution >= 0.6 is 35.0 Å². The summed E-state index contributed by atoms with van der Waals surface area (Å²) in [5.41, 5.74) is -1.18. The van der Waals surface area contributed by atoms with Crippen molar-refractivity contribution in [3.8, 4) is 0 Å². The quantitative estimate of drug-likeness (QED) is 0.773. The van der Waals surface area contributed by atoms with E-state index in [1.807, 2.05) is 0 Å². The predicted molar refractivity (Wildman–Crippen MR) is 84.1 cm³/mol. The van der Waals surface area contributed by atoms with Gasteiger partial charge in [0.2, 0.25) is 5.91 Å². The van der Waals surface area contributed by atoms with Crippen molar-refractivity contribution < 1.29 is 14.7 Å². The lowest BCUT2D eigenvalue weighted by molar-refractivity contribution is -0.147. The normalized spacial score (nSPS) is 17.1. The van der Waals surface area contributed by atoms with Crippen molar-refractivity contribution in [3.05, 3.63) is 28.2 Å². The van der Waals surface area contributed by atoms with E-state index in [2.05, 4.69) is 5.32 Å². The van der Waals surface area contributed by atoms with Crippen LogP contribution in [0.25, 0.3) is 0 Å². The van der Waals surface area contributed by atoms with Crippen LogP contribution in [-0.2, 0) is 9.59 Å². The zero-order valence-corrected chi connectivity index (χ0v) is 13.7. The number of amides is 1. The Bertz CT molecular complexity index is 577. The van der Waals surface area contributed by atoms with Gasteiger partial charge in [-0.3, -0.25) is 4.79 Å². The molecule has 0 radical (unpaired) electrons. The maximum absolute atomic E-state index is 12.0. The summed E-state index contributed by atoms with van der Waals surface area (Å²) in [5.74, 6) is -1.22. The highest BCUT2D eigenvalue weighted by Gasteiger charge is 2.48. The van der Waals surface area contributed by atoms with Gasteiger partial charge in [-0.1, -0.05) is 23.2 Å². The van der Waals surface area contributed by atoms with E-state index in [4.69, 9.17) is 23.2 Å². The van der Waals surface area contributed by atoms with Crippen molar-refractivity contribution in [2.24, 2.45) is 5.92 Å². The number of rotatable bonds is 6. The first-order valence-electron chi connectivity index (χ1n) is 6.45. The number of carboxylic acid groups (broad SMARTS) is 1. The number of halogens is 2. The van der Waals surface area contributed by atoms with Gasteiger partial charge in [0, 0.05) is 9.92 Å². The fourth-order valence-electron chi connectivity index (χ4n) is 2.05. The standard InChI is InChI=1S/C14H15Cl2NO3S/c1-14(13(19)20,8-2-3-8)17-12(18)7-21-11-6-9(15)4-5-10(11)16/h4-6,8H,2-3,7H2,1H3,(H,17,18)(H,19,20). The first-order valence-corrected chi connectivity index (χ1v) is 8.19. The van der Waals surface area contributed by atoms with Crippen LogP contribution in [-0.4, -0.2) is 28.3 Å². The molecule has 7 heteroatoms. The Balaban J connectivity index is 1.95. The Morgan fingerprint density at radius 1 is 1.43 bits per heavy atom. The van der Waals surface area contributed by atoms with Gasteiger partial charge < -0.3 is 10.4 Å². The molecule has 0 spiro atoms. The molecule has 1 fully saturated rings. The zero-order chi connectivity index (χ0) is 15.6. The molecule has 1 atom stereocenters. The van der Waals surface area contributed by atoms with Crippen molar-refractivity contribution >= 4 is 46.8 Å². The molecule has 21 heavy (non-hydrogen) atoms. The lowest BCUT2D eigenvalue weighted by Crippen LogP contribution is -2.54. The molecule has 0 heterocycles. The van der Waals surface area contributed by atoms with Crippen molar-refractivity contribution in [2.75, 3.05) is 5.75 Å². The molecule has 1 aliphatic rings. The smallest absolute Gasteiger partial charge is 0.329 e. The summed E-state index contributed by atoms with van der Waals surface area (Å²) in [6.07, 6.45) is 1.66. The van der Waals surface area contributed by atoms with E-state index in [1.54, 1.807) is 25.1 Å². The van der Waals surface area contributed by atoms with Crippen molar-refractivity contribution in [1.82, 2.24) is 5.32 Å². The molecule has 0 saturated heterocycles. The van der Waals surface area contributed by atoms with Crippen LogP contribution in [0, 0.1) is 5.92 Å². The summed E-state index contributed by atoms with van der Waals surface area (Å²) < 4.78 is 0. The first kappa shape index (κ1) is 16.5. The van der Waals surface area contributed by atoms with Gasteiger partial charge in [-0.2, -0.15) is 0 Å². The highest BCUT2D eigenvalue weighted by Crippen LogP contribution is 2.40. The summed E-state index contributed by atoms with van der Waals surface area (Å²) in [6.45, 7) is 1.56. The predicted octanol–water partition coefficient (Wildman–Crippen LogP) is 3.46. The lowest BCUT2D eigenvalue weighted by atomic mass is 9.96. The molecule has 0 aromatic heterocycles. The molecule has 1 saturated carbocycles. The third kappa shape index (κ3) is 4.05. The Morgan fingerprint density at radius 2 is 2.10 bits per heavy atom. The Kier molecular flexibility index (Phi) is 5.07. The minimum Gasteiger partial charge on any atom is -0.480 e. The van der Waals surface area contributed by atoms with E-state index in [0.29, 0.717) is 14.9 Å². The molecule has 1 aromatic carbocycles. The Hall–Kier alpha value is -0.910. The molecule has 1 unspecified atom stereocenters. The van der Waals surface area contributed by atoms with Gasteiger partial charge in [-0.15, -0.1) is 11.8 Å². The van der Waals surface area contributed by atoms with Crippen LogP contribution in [0.1, 0.15) is 19.8 Å². The third-order valence-corrected chi connectivity index (χ3v) is 5.22. The minimum atomic E-state index is -1.18. The van der Waals surface area contributed by atoms with Gasteiger partial charge in [0.1, 0.15) is 5.54 Å². The molecular formula is C14H15Cl2NO3S. The molecule has 4 nitrogen and oxygen atoms in total. The molecule has 0 aliphatic heterocycles. The molecule has 1 aliphatic carbocycles. The minimum absolute atomic E-state index is 0.0127. The Labute approximate surface area is 137 Å². The number of hydrogen-bond acceptors (Lipinski definition) is 3. The summed E-state index contributed by atoms with van der Waals surface area (Å²) in [4.78, 5) is 24.0. The van der Waals surface area contributed by atoms with E-state index in [1.165, 1.54) is 11.8 Å².